The topological polar surface area (TPSA) is 113 Å². The summed E-state index contributed by atoms with van der Waals surface area (Å²) < 4.78 is 5.22. The number of aromatic nitrogens is 1. The fourth-order valence-corrected chi connectivity index (χ4v) is 2.69. The Labute approximate surface area is 163 Å². The molecule has 1 aliphatic heterocycles. The van der Waals surface area contributed by atoms with Crippen LogP contribution in [0.15, 0.2) is 47.6 Å². The Bertz CT molecular complexity index is 760. The van der Waals surface area contributed by atoms with Crippen LogP contribution in [0.2, 0.25) is 0 Å². The lowest BCUT2D eigenvalue weighted by Gasteiger charge is -2.12. The van der Waals surface area contributed by atoms with E-state index in [2.05, 4.69) is 16.9 Å². The van der Waals surface area contributed by atoms with Gasteiger partial charge in [0.25, 0.3) is 5.91 Å². The van der Waals surface area contributed by atoms with E-state index in [4.69, 9.17) is 4.42 Å². The molecule has 0 aromatic carbocycles. The minimum atomic E-state index is -0.944. The molecule has 0 radical (unpaired) electrons. The van der Waals surface area contributed by atoms with Crippen molar-refractivity contribution in [3.8, 4) is 0 Å². The number of aliphatic hydroxyl groups is 1. The zero-order valence-corrected chi connectivity index (χ0v) is 15.7. The summed E-state index contributed by atoms with van der Waals surface area (Å²) in [6, 6.07) is 0. The molecular weight excluding hydrogens is 362 g/mol. The molecule has 1 aromatic heterocycles. The highest BCUT2D eigenvalue weighted by Gasteiger charge is 2.23. The van der Waals surface area contributed by atoms with E-state index >= 15 is 0 Å². The van der Waals surface area contributed by atoms with Gasteiger partial charge in [-0.1, -0.05) is 30.9 Å². The highest BCUT2D eigenvalue weighted by atomic mass is 16.3. The fraction of sp³-hybridized carbons (Fsp3) is 0.400. The van der Waals surface area contributed by atoms with Gasteiger partial charge in [0.1, 0.15) is 12.0 Å². The lowest BCUT2D eigenvalue weighted by Crippen LogP contribution is -2.27. The smallest absolute Gasteiger partial charge is 0.275 e. The van der Waals surface area contributed by atoms with Gasteiger partial charge in [0.2, 0.25) is 11.8 Å². The number of hydrogen-bond donors (Lipinski definition) is 2. The van der Waals surface area contributed by atoms with Crippen molar-refractivity contribution in [1.82, 2.24) is 15.2 Å². The summed E-state index contributed by atoms with van der Waals surface area (Å²) in [6.45, 7) is 5.11. The van der Waals surface area contributed by atoms with Gasteiger partial charge in [0.05, 0.1) is 12.5 Å². The summed E-state index contributed by atoms with van der Waals surface area (Å²) in [7, 11) is 0. The first-order chi connectivity index (χ1) is 13.5. The Morgan fingerprint density at radius 2 is 2.07 bits per heavy atom. The van der Waals surface area contributed by atoms with Crippen molar-refractivity contribution in [2.45, 2.75) is 31.8 Å². The average Bonchev–Trinajstić information content (AvgIpc) is 3.35. The largest absolute Gasteiger partial charge is 0.448 e. The van der Waals surface area contributed by atoms with E-state index in [9.17, 15) is 19.5 Å². The molecule has 2 N–H and O–H groups in total. The first-order valence-electron chi connectivity index (χ1n) is 9.16. The van der Waals surface area contributed by atoms with E-state index in [1.54, 1.807) is 23.1 Å². The monoisotopic (exact) mass is 387 g/mol. The number of aliphatic hydroxyl groups excluding tert-OH is 1. The van der Waals surface area contributed by atoms with Crippen molar-refractivity contribution < 1.29 is 23.9 Å². The second kappa shape index (κ2) is 11.0. The molecule has 8 heteroatoms. The predicted octanol–water partition coefficient (Wildman–Crippen LogP) is 1.19. The van der Waals surface area contributed by atoms with Gasteiger partial charge in [-0.15, -0.1) is 0 Å². The molecule has 0 spiro atoms. The van der Waals surface area contributed by atoms with Crippen LogP contribution in [0.5, 0.6) is 0 Å². The molecular formula is C20H25N3O5. The number of nitrogens with zero attached hydrogens (tertiary/aromatic N) is 2. The molecule has 1 unspecified atom stereocenters. The summed E-state index contributed by atoms with van der Waals surface area (Å²) in [4.78, 5) is 41.0. The highest BCUT2D eigenvalue weighted by Crippen LogP contribution is 2.13. The van der Waals surface area contributed by atoms with E-state index in [-0.39, 0.29) is 42.0 Å². The molecule has 0 aliphatic carbocycles. The first-order valence-corrected chi connectivity index (χ1v) is 9.16. The van der Waals surface area contributed by atoms with E-state index in [1.165, 1.54) is 18.4 Å². The maximum Gasteiger partial charge on any atom is 0.275 e. The SMILES string of the molecule is C=CC(=O)NC/C=C/C=C/C(O)CC(=O)Cc1nc(C(=O)N2CCCC2)co1. The van der Waals surface area contributed by atoms with E-state index < -0.39 is 6.10 Å². The molecule has 8 nitrogen and oxygen atoms in total. The first kappa shape index (κ1) is 21.3. The molecule has 28 heavy (non-hydrogen) atoms. The van der Waals surface area contributed by atoms with Gasteiger partial charge in [-0.05, 0) is 18.9 Å². The van der Waals surface area contributed by atoms with Crippen LogP contribution < -0.4 is 5.32 Å². The van der Waals surface area contributed by atoms with Gasteiger partial charge in [0.15, 0.2) is 5.69 Å². The Morgan fingerprint density at radius 3 is 2.79 bits per heavy atom. The maximum atomic E-state index is 12.2. The van der Waals surface area contributed by atoms with Crippen molar-refractivity contribution in [3.05, 3.63) is 54.8 Å². The third kappa shape index (κ3) is 6.96. The summed E-state index contributed by atoms with van der Waals surface area (Å²) in [6.07, 6.45) is 9.72. The summed E-state index contributed by atoms with van der Waals surface area (Å²) in [5, 5.41) is 12.5. The van der Waals surface area contributed by atoms with Crippen molar-refractivity contribution in [2.24, 2.45) is 0 Å². The summed E-state index contributed by atoms with van der Waals surface area (Å²) >= 11 is 0. The van der Waals surface area contributed by atoms with Gasteiger partial charge in [-0.25, -0.2) is 4.98 Å². The molecule has 0 saturated carbocycles. The molecule has 2 rings (SSSR count). The van der Waals surface area contributed by atoms with Gasteiger partial charge in [-0.2, -0.15) is 0 Å². The Balaban J connectivity index is 1.73. The molecule has 1 aromatic rings. The number of carbonyl (C=O) groups is 3. The number of amides is 2. The number of oxazole rings is 1. The summed E-state index contributed by atoms with van der Waals surface area (Å²) in [5.41, 5.74) is 0.207. The number of likely N-dealkylation sites (tertiary alicyclic amines) is 1. The van der Waals surface area contributed by atoms with Crippen LogP contribution in [-0.2, 0) is 16.0 Å². The van der Waals surface area contributed by atoms with E-state index in [1.807, 2.05) is 0 Å². The molecule has 2 amide bonds. The molecule has 1 fully saturated rings. The van der Waals surface area contributed by atoms with E-state index in [0.29, 0.717) is 19.6 Å². The highest BCUT2D eigenvalue weighted by molar-refractivity contribution is 5.92. The number of hydrogen-bond acceptors (Lipinski definition) is 6. The molecule has 0 bridgehead atoms. The second-order valence-corrected chi connectivity index (χ2v) is 6.38. The van der Waals surface area contributed by atoms with Crippen LogP contribution in [0.4, 0.5) is 0 Å². The minimum absolute atomic E-state index is 0.0817. The molecule has 2 heterocycles. The number of allylic oxidation sites excluding steroid dienone is 2. The van der Waals surface area contributed by atoms with Gasteiger partial charge >= 0.3 is 0 Å². The van der Waals surface area contributed by atoms with Crippen LogP contribution in [0.3, 0.4) is 0 Å². The van der Waals surface area contributed by atoms with Crippen LogP contribution >= 0.6 is 0 Å². The molecule has 1 atom stereocenters. The zero-order valence-electron chi connectivity index (χ0n) is 15.7. The normalized spacial score (nSPS) is 15.2. The zero-order chi connectivity index (χ0) is 20.4. The molecule has 1 saturated heterocycles. The molecule has 1 aliphatic rings. The lowest BCUT2D eigenvalue weighted by molar-refractivity contribution is -0.120. The van der Waals surface area contributed by atoms with Crippen molar-refractivity contribution >= 4 is 17.6 Å². The van der Waals surface area contributed by atoms with Gasteiger partial charge < -0.3 is 19.7 Å². The quantitative estimate of drug-likeness (QED) is 0.461. The summed E-state index contributed by atoms with van der Waals surface area (Å²) in [5.74, 6) is -0.530. The Morgan fingerprint density at radius 1 is 1.32 bits per heavy atom. The van der Waals surface area contributed by atoms with Crippen molar-refractivity contribution in [2.75, 3.05) is 19.6 Å². The lowest BCUT2D eigenvalue weighted by atomic mass is 10.1. The Hall–Kier alpha value is -3.00. The van der Waals surface area contributed by atoms with Gasteiger partial charge in [-0.3, -0.25) is 14.4 Å². The average molecular weight is 387 g/mol. The van der Waals surface area contributed by atoms with Crippen molar-refractivity contribution in [1.29, 1.82) is 0 Å². The number of rotatable bonds is 10. The third-order valence-electron chi connectivity index (χ3n) is 4.11. The van der Waals surface area contributed by atoms with Crippen molar-refractivity contribution in [3.63, 3.8) is 0 Å². The van der Waals surface area contributed by atoms with Crippen LogP contribution in [0.1, 0.15) is 35.6 Å². The van der Waals surface area contributed by atoms with E-state index in [0.717, 1.165) is 12.8 Å². The van der Waals surface area contributed by atoms with Crippen LogP contribution in [0.25, 0.3) is 0 Å². The fourth-order valence-electron chi connectivity index (χ4n) is 2.69. The Kier molecular flexibility index (Phi) is 8.36. The van der Waals surface area contributed by atoms with Gasteiger partial charge in [0, 0.05) is 26.1 Å². The predicted molar refractivity (Wildman–Crippen MR) is 102 cm³/mol. The maximum absolute atomic E-state index is 12.2. The molecule has 150 valence electrons. The van der Waals surface area contributed by atoms with Crippen LogP contribution in [0, 0.1) is 0 Å². The van der Waals surface area contributed by atoms with Crippen LogP contribution in [-0.4, -0.2) is 58.3 Å². The second-order valence-electron chi connectivity index (χ2n) is 6.38. The standard InChI is InChI=1S/C20H25N3O5/c1-2-18(26)21-9-5-3-4-8-15(24)12-16(25)13-19-22-17(14-28-19)20(27)23-10-6-7-11-23/h2-5,8,14-15,24H,1,6-7,9-13H2,(H,21,26)/b5-3+,8-4+. The third-order valence-corrected chi connectivity index (χ3v) is 4.11. The number of nitrogens with one attached hydrogen (secondary N) is 1. The number of ketones is 1. The number of carbonyl (C=O) groups excluding carboxylic acids is 3. The minimum Gasteiger partial charge on any atom is -0.448 e. The number of Topliss-reactive ketones (excluding diaryl/α,β-unsaturated/α-hetero) is 1.